The average Bonchev–Trinajstić information content (AvgIpc) is 3.24. The molecule has 2 aromatic carbocycles. The Bertz CT molecular complexity index is 1190. The monoisotopic (exact) mass is 457 g/mol. The SMILES string of the molecule is CC(C)CNC(=O)c1ccccc1CSc1nnc(-c2cccnc2)n1Cc1ccccc1. The topological polar surface area (TPSA) is 72.7 Å². The van der Waals surface area contributed by atoms with Crippen molar-refractivity contribution in [1.82, 2.24) is 25.1 Å². The molecule has 0 atom stereocenters. The van der Waals surface area contributed by atoms with E-state index in [9.17, 15) is 4.79 Å². The predicted molar refractivity (Wildman–Crippen MR) is 132 cm³/mol. The van der Waals surface area contributed by atoms with Gasteiger partial charge in [-0.3, -0.25) is 14.3 Å². The molecule has 0 aliphatic rings. The standard InChI is InChI=1S/C26H27N5OS/c1-19(2)15-28-25(32)23-13-7-6-11-22(23)18-33-26-30-29-24(21-12-8-14-27-16-21)31(26)17-20-9-4-3-5-10-20/h3-14,16,19H,15,17-18H2,1-2H3,(H,28,32). The van der Waals surface area contributed by atoms with Crippen molar-refractivity contribution in [2.24, 2.45) is 5.92 Å². The van der Waals surface area contributed by atoms with Crippen molar-refractivity contribution in [3.8, 4) is 11.4 Å². The lowest BCUT2D eigenvalue weighted by atomic mass is 10.1. The van der Waals surface area contributed by atoms with Crippen molar-refractivity contribution in [1.29, 1.82) is 0 Å². The number of pyridine rings is 1. The summed E-state index contributed by atoms with van der Waals surface area (Å²) in [7, 11) is 0. The minimum absolute atomic E-state index is 0.0401. The van der Waals surface area contributed by atoms with E-state index in [0.717, 1.165) is 27.7 Å². The first-order valence-corrected chi connectivity index (χ1v) is 12.0. The number of hydrogen-bond donors (Lipinski definition) is 1. The van der Waals surface area contributed by atoms with Crippen LogP contribution < -0.4 is 5.32 Å². The number of nitrogens with one attached hydrogen (secondary N) is 1. The molecule has 2 heterocycles. The molecule has 0 bridgehead atoms. The summed E-state index contributed by atoms with van der Waals surface area (Å²) in [6, 6.07) is 21.9. The molecule has 0 aliphatic heterocycles. The second-order valence-corrected chi connectivity index (χ2v) is 9.11. The lowest BCUT2D eigenvalue weighted by molar-refractivity contribution is 0.0948. The van der Waals surface area contributed by atoms with E-state index >= 15 is 0 Å². The molecule has 168 valence electrons. The fourth-order valence-electron chi connectivity index (χ4n) is 3.41. The smallest absolute Gasteiger partial charge is 0.251 e. The van der Waals surface area contributed by atoms with Crippen molar-refractivity contribution < 1.29 is 4.79 Å². The third-order valence-corrected chi connectivity index (χ3v) is 6.13. The van der Waals surface area contributed by atoms with Gasteiger partial charge in [-0.05, 0) is 35.2 Å². The lowest BCUT2D eigenvalue weighted by Crippen LogP contribution is -2.28. The van der Waals surface area contributed by atoms with E-state index < -0.39 is 0 Å². The number of carbonyl (C=O) groups excluding carboxylic acids is 1. The van der Waals surface area contributed by atoms with Gasteiger partial charge in [-0.2, -0.15) is 0 Å². The van der Waals surface area contributed by atoms with Gasteiger partial charge in [0.15, 0.2) is 11.0 Å². The molecule has 0 radical (unpaired) electrons. The van der Waals surface area contributed by atoms with E-state index in [1.807, 2.05) is 54.6 Å². The highest BCUT2D eigenvalue weighted by Gasteiger charge is 2.17. The molecule has 0 aliphatic carbocycles. The summed E-state index contributed by atoms with van der Waals surface area (Å²) in [6.07, 6.45) is 3.55. The van der Waals surface area contributed by atoms with Gasteiger partial charge in [-0.1, -0.05) is 74.1 Å². The molecule has 4 rings (SSSR count). The fourth-order valence-corrected chi connectivity index (χ4v) is 4.36. The Morgan fingerprint density at radius 1 is 1.00 bits per heavy atom. The fraction of sp³-hybridized carbons (Fsp3) is 0.231. The normalized spacial score (nSPS) is 11.0. The molecule has 0 saturated heterocycles. The minimum atomic E-state index is -0.0401. The second-order valence-electron chi connectivity index (χ2n) is 8.17. The summed E-state index contributed by atoms with van der Waals surface area (Å²) < 4.78 is 2.11. The number of thioether (sulfide) groups is 1. The second kappa shape index (κ2) is 10.9. The van der Waals surface area contributed by atoms with Crippen LogP contribution in [0.25, 0.3) is 11.4 Å². The van der Waals surface area contributed by atoms with Crippen molar-refractivity contribution in [3.63, 3.8) is 0 Å². The van der Waals surface area contributed by atoms with E-state index in [2.05, 4.69) is 51.0 Å². The number of amides is 1. The van der Waals surface area contributed by atoms with Crippen molar-refractivity contribution in [2.75, 3.05) is 6.54 Å². The zero-order valence-corrected chi connectivity index (χ0v) is 19.6. The van der Waals surface area contributed by atoms with Crippen LogP contribution in [0.5, 0.6) is 0 Å². The molecule has 7 heteroatoms. The van der Waals surface area contributed by atoms with Crippen LogP contribution >= 0.6 is 11.8 Å². The molecule has 1 N–H and O–H groups in total. The van der Waals surface area contributed by atoms with Gasteiger partial charge in [0.25, 0.3) is 5.91 Å². The Morgan fingerprint density at radius 3 is 2.55 bits per heavy atom. The number of hydrogen-bond acceptors (Lipinski definition) is 5. The van der Waals surface area contributed by atoms with E-state index in [4.69, 9.17) is 0 Å². The number of aromatic nitrogens is 4. The first kappa shape index (κ1) is 22.7. The number of carbonyl (C=O) groups is 1. The van der Waals surface area contributed by atoms with Gasteiger partial charge in [0.1, 0.15) is 0 Å². The summed E-state index contributed by atoms with van der Waals surface area (Å²) in [5, 5.41) is 12.8. The molecule has 0 saturated carbocycles. The Balaban J connectivity index is 1.59. The molecule has 33 heavy (non-hydrogen) atoms. The van der Waals surface area contributed by atoms with Gasteiger partial charge < -0.3 is 5.32 Å². The van der Waals surface area contributed by atoms with Crippen LogP contribution in [0.4, 0.5) is 0 Å². The van der Waals surface area contributed by atoms with Crippen molar-refractivity contribution >= 4 is 17.7 Å². The van der Waals surface area contributed by atoms with E-state index in [-0.39, 0.29) is 5.91 Å². The van der Waals surface area contributed by atoms with Gasteiger partial charge in [-0.15, -0.1) is 10.2 Å². The average molecular weight is 458 g/mol. The third kappa shape index (κ3) is 5.87. The Hall–Kier alpha value is -3.45. The van der Waals surface area contributed by atoms with Crippen molar-refractivity contribution in [2.45, 2.75) is 31.3 Å². The van der Waals surface area contributed by atoms with Gasteiger partial charge in [0.2, 0.25) is 0 Å². The first-order valence-electron chi connectivity index (χ1n) is 11.0. The van der Waals surface area contributed by atoms with Crippen LogP contribution in [0.15, 0.2) is 84.3 Å². The molecule has 0 spiro atoms. The van der Waals surface area contributed by atoms with Gasteiger partial charge in [0, 0.05) is 35.8 Å². The maximum absolute atomic E-state index is 12.7. The van der Waals surface area contributed by atoms with Crippen LogP contribution in [0, 0.1) is 5.92 Å². The van der Waals surface area contributed by atoms with Gasteiger partial charge in [0.05, 0.1) is 6.54 Å². The maximum Gasteiger partial charge on any atom is 0.251 e. The van der Waals surface area contributed by atoms with Crippen LogP contribution in [0.3, 0.4) is 0 Å². The van der Waals surface area contributed by atoms with Crippen LogP contribution in [0.2, 0.25) is 0 Å². The molecule has 4 aromatic rings. The van der Waals surface area contributed by atoms with E-state index in [0.29, 0.717) is 30.3 Å². The number of benzene rings is 2. The van der Waals surface area contributed by atoms with E-state index in [1.165, 1.54) is 0 Å². The summed E-state index contributed by atoms with van der Waals surface area (Å²) in [4.78, 5) is 17.0. The van der Waals surface area contributed by atoms with Crippen molar-refractivity contribution in [3.05, 3.63) is 95.8 Å². The molecular formula is C26H27N5OS. The molecule has 1 amide bonds. The highest BCUT2D eigenvalue weighted by Crippen LogP contribution is 2.28. The highest BCUT2D eigenvalue weighted by molar-refractivity contribution is 7.98. The summed E-state index contributed by atoms with van der Waals surface area (Å²) in [5.41, 5.74) is 3.76. The first-order chi connectivity index (χ1) is 16.1. The Morgan fingerprint density at radius 2 is 1.79 bits per heavy atom. The Labute approximate surface area is 198 Å². The van der Waals surface area contributed by atoms with Gasteiger partial charge >= 0.3 is 0 Å². The molecule has 0 fully saturated rings. The quantitative estimate of drug-likeness (QED) is 0.356. The van der Waals surface area contributed by atoms with E-state index in [1.54, 1.807) is 24.2 Å². The van der Waals surface area contributed by atoms with Crippen LogP contribution in [-0.4, -0.2) is 32.2 Å². The molecular weight excluding hydrogens is 430 g/mol. The lowest BCUT2D eigenvalue weighted by Gasteiger charge is -2.13. The Kier molecular flexibility index (Phi) is 7.52. The number of rotatable bonds is 9. The summed E-state index contributed by atoms with van der Waals surface area (Å²) in [6.45, 7) is 5.47. The minimum Gasteiger partial charge on any atom is -0.352 e. The maximum atomic E-state index is 12.7. The predicted octanol–water partition coefficient (Wildman–Crippen LogP) is 5.07. The molecule has 0 unspecified atom stereocenters. The third-order valence-electron chi connectivity index (χ3n) is 5.11. The van der Waals surface area contributed by atoms with Gasteiger partial charge in [-0.25, -0.2) is 0 Å². The number of nitrogens with zero attached hydrogens (tertiary/aromatic N) is 4. The van der Waals surface area contributed by atoms with Crippen LogP contribution in [0.1, 0.15) is 35.3 Å². The zero-order valence-electron chi connectivity index (χ0n) is 18.8. The van der Waals surface area contributed by atoms with Crippen LogP contribution in [-0.2, 0) is 12.3 Å². The highest BCUT2D eigenvalue weighted by atomic mass is 32.2. The largest absolute Gasteiger partial charge is 0.352 e. The summed E-state index contributed by atoms with van der Waals surface area (Å²) >= 11 is 1.58. The molecule has 6 nitrogen and oxygen atoms in total. The molecule has 2 aromatic heterocycles. The zero-order chi connectivity index (χ0) is 23.0. The summed E-state index contributed by atoms with van der Waals surface area (Å²) in [5.74, 6) is 1.75.